The molecule has 122 valence electrons. The van der Waals surface area contributed by atoms with Crippen LogP contribution in [-0.2, 0) is 6.42 Å². The number of ether oxygens (including phenoxy) is 1. The second-order valence-electron chi connectivity index (χ2n) is 5.58. The summed E-state index contributed by atoms with van der Waals surface area (Å²) in [6, 6.07) is 17.3. The molecule has 0 aliphatic carbocycles. The lowest BCUT2D eigenvalue weighted by Gasteiger charge is -2.06. The van der Waals surface area contributed by atoms with Crippen LogP contribution in [0.25, 0.3) is 11.4 Å². The number of unbranched alkanes of at least 4 members (excludes halogenated alkanes) is 1. The van der Waals surface area contributed by atoms with E-state index in [0.29, 0.717) is 18.2 Å². The Balaban J connectivity index is 1.44. The second-order valence-corrected chi connectivity index (χ2v) is 5.58. The number of hydrogen-bond donors (Lipinski definition) is 1. The molecule has 0 fully saturated rings. The van der Waals surface area contributed by atoms with Gasteiger partial charge in [-0.25, -0.2) is 9.97 Å². The third-order valence-electron chi connectivity index (χ3n) is 3.72. The summed E-state index contributed by atoms with van der Waals surface area (Å²) < 4.78 is 5.69. The molecule has 0 atom stereocenters. The number of phenolic OH excluding ortho intramolecular Hbond substituents is 1. The van der Waals surface area contributed by atoms with Crippen molar-refractivity contribution < 1.29 is 9.84 Å². The predicted molar refractivity (Wildman–Crippen MR) is 94.0 cm³/mol. The molecule has 0 saturated heterocycles. The quantitative estimate of drug-likeness (QED) is 0.661. The molecule has 0 aliphatic heterocycles. The first-order valence-corrected chi connectivity index (χ1v) is 8.09. The molecule has 2 aromatic carbocycles. The lowest BCUT2D eigenvalue weighted by molar-refractivity contribution is 0.304. The number of benzene rings is 2. The first kappa shape index (κ1) is 16.0. The fourth-order valence-electron chi connectivity index (χ4n) is 2.42. The van der Waals surface area contributed by atoms with E-state index in [2.05, 4.69) is 34.2 Å². The van der Waals surface area contributed by atoms with E-state index in [1.165, 1.54) is 5.56 Å². The highest BCUT2D eigenvalue weighted by molar-refractivity contribution is 5.55. The maximum atomic E-state index is 9.30. The molecule has 0 unspecified atom stereocenters. The zero-order valence-corrected chi connectivity index (χ0v) is 13.4. The van der Waals surface area contributed by atoms with Crippen molar-refractivity contribution in [3.8, 4) is 22.9 Å². The fraction of sp³-hybridized carbons (Fsp3) is 0.200. The van der Waals surface area contributed by atoms with Crippen LogP contribution in [0.4, 0.5) is 0 Å². The van der Waals surface area contributed by atoms with Crippen LogP contribution >= 0.6 is 0 Å². The molecule has 1 N–H and O–H groups in total. The molecule has 0 spiro atoms. The lowest BCUT2D eigenvalue weighted by atomic mass is 10.1. The SMILES string of the molecule is Oc1ccc(-c2ncc(OCCCCc3ccccc3)cn2)cc1. The first-order valence-electron chi connectivity index (χ1n) is 8.09. The molecule has 4 heteroatoms. The Hall–Kier alpha value is -2.88. The van der Waals surface area contributed by atoms with Crippen molar-refractivity contribution in [2.45, 2.75) is 19.3 Å². The van der Waals surface area contributed by atoms with Gasteiger partial charge in [0.25, 0.3) is 0 Å². The molecular weight excluding hydrogens is 300 g/mol. The van der Waals surface area contributed by atoms with Crippen LogP contribution in [-0.4, -0.2) is 21.7 Å². The van der Waals surface area contributed by atoms with Crippen LogP contribution in [0.15, 0.2) is 67.0 Å². The van der Waals surface area contributed by atoms with Crippen LogP contribution in [0, 0.1) is 0 Å². The van der Waals surface area contributed by atoms with Crippen LogP contribution < -0.4 is 4.74 Å². The van der Waals surface area contributed by atoms with E-state index in [1.54, 1.807) is 36.7 Å². The van der Waals surface area contributed by atoms with Crippen molar-refractivity contribution in [1.82, 2.24) is 9.97 Å². The van der Waals surface area contributed by atoms with E-state index in [-0.39, 0.29) is 5.75 Å². The topological polar surface area (TPSA) is 55.2 Å². The van der Waals surface area contributed by atoms with Crippen molar-refractivity contribution in [3.63, 3.8) is 0 Å². The monoisotopic (exact) mass is 320 g/mol. The van der Waals surface area contributed by atoms with Gasteiger partial charge in [0.2, 0.25) is 0 Å². The Morgan fingerprint density at radius 1 is 0.833 bits per heavy atom. The Morgan fingerprint density at radius 2 is 1.54 bits per heavy atom. The molecule has 4 nitrogen and oxygen atoms in total. The Morgan fingerprint density at radius 3 is 2.25 bits per heavy atom. The molecule has 0 radical (unpaired) electrons. The minimum Gasteiger partial charge on any atom is -0.508 e. The maximum absolute atomic E-state index is 9.30. The Bertz CT molecular complexity index is 741. The van der Waals surface area contributed by atoms with Gasteiger partial charge in [-0.05, 0) is 49.1 Å². The van der Waals surface area contributed by atoms with Gasteiger partial charge in [-0.3, -0.25) is 0 Å². The smallest absolute Gasteiger partial charge is 0.159 e. The second kappa shape index (κ2) is 8.11. The van der Waals surface area contributed by atoms with Gasteiger partial charge in [-0.1, -0.05) is 30.3 Å². The van der Waals surface area contributed by atoms with E-state index < -0.39 is 0 Å². The number of aromatic nitrogens is 2. The summed E-state index contributed by atoms with van der Waals surface area (Å²) >= 11 is 0. The summed E-state index contributed by atoms with van der Waals surface area (Å²) in [4.78, 5) is 8.61. The highest BCUT2D eigenvalue weighted by Gasteiger charge is 2.02. The van der Waals surface area contributed by atoms with Gasteiger partial charge < -0.3 is 9.84 Å². The summed E-state index contributed by atoms with van der Waals surface area (Å²) in [5.74, 6) is 1.53. The zero-order chi connectivity index (χ0) is 16.6. The molecule has 0 saturated carbocycles. The molecule has 24 heavy (non-hydrogen) atoms. The van der Waals surface area contributed by atoms with E-state index in [4.69, 9.17) is 4.74 Å². The van der Waals surface area contributed by atoms with Gasteiger partial charge in [-0.2, -0.15) is 0 Å². The van der Waals surface area contributed by atoms with Crippen LogP contribution in [0.5, 0.6) is 11.5 Å². The number of aromatic hydroxyl groups is 1. The molecule has 1 aromatic heterocycles. The number of rotatable bonds is 7. The number of nitrogens with zero attached hydrogens (tertiary/aromatic N) is 2. The van der Waals surface area contributed by atoms with Gasteiger partial charge in [0.1, 0.15) is 5.75 Å². The van der Waals surface area contributed by atoms with Crippen LogP contribution in [0.3, 0.4) is 0 Å². The third kappa shape index (κ3) is 4.56. The fourth-order valence-corrected chi connectivity index (χ4v) is 2.42. The highest BCUT2D eigenvalue weighted by atomic mass is 16.5. The first-order chi connectivity index (χ1) is 11.8. The van der Waals surface area contributed by atoms with E-state index in [1.807, 2.05) is 6.07 Å². The van der Waals surface area contributed by atoms with Gasteiger partial charge >= 0.3 is 0 Å². The number of phenols is 1. The van der Waals surface area contributed by atoms with E-state index in [0.717, 1.165) is 24.8 Å². The minimum absolute atomic E-state index is 0.231. The van der Waals surface area contributed by atoms with Gasteiger partial charge in [0.15, 0.2) is 11.6 Å². The predicted octanol–water partition coefficient (Wildman–Crippen LogP) is 4.25. The molecule has 1 heterocycles. The van der Waals surface area contributed by atoms with E-state index >= 15 is 0 Å². The van der Waals surface area contributed by atoms with E-state index in [9.17, 15) is 5.11 Å². The Kier molecular flexibility index (Phi) is 5.40. The van der Waals surface area contributed by atoms with Crippen molar-refractivity contribution in [2.75, 3.05) is 6.61 Å². The molecule has 0 amide bonds. The van der Waals surface area contributed by atoms with Crippen molar-refractivity contribution in [2.24, 2.45) is 0 Å². The van der Waals surface area contributed by atoms with Crippen molar-refractivity contribution in [3.05, 3.63) is 72.6 Å². The zero-order valence-electron chi connectivity index (χ0n) is 13.4. The van der Waals surface area contributed by atoms with Crippen molar-refractivity contribution >= 4 is 0 Å². The summed E-state index contributed by atoms with van der Waals surface area (Å²) in [6.45, 7) is 0.661. The average Bonchev–Trinajstić information content (AvgIpc) is 2.64. The third-order valence-corrected chi connectivity index (χ3v) is 3.72. The lowest BCUT2D eigenvalue weighted by Crippen LogP contribution is -2.00. The van der Waals surface area contributed by atoms with Crippen molar-refractivity contribution in [1.29, 1.82) is 0 Å². The van der Waals surface area contributed by atoms with Gasteiger partial charge in [-0.15, -0.1) is 0 Å². The molecule has 3 rings (SSSR count). The van der Waals surface area contributed by atoms with Crippen LogP contribution in [0.1, 0.15) is 18.4 Å². The normalized spacial score (nSPS) is 10.5. The Labute approximate surface area is 141 Å². The van der Waals surface area contributed by atoms with Gasteiger partial charge in [0.05, 0.1) is 19.0 Å². The van der Waals surface area contributed by atoms with Gasteiger partial charge in [0, 0.05) is 5.56 Å². The molecule has 0 bridgehead atoms. The molecule has 0 aliphatic rings. The summed E-state index contributed by atoms with van der Waals surface area (Å²) in [6.07, 6.45) is 6.53. The standard InChI is InChI=1S/C20H20N2O2/c23-18-11-9-17(10-12-18)20-21-14-19(15-22-20)24-13-5-4-8-16-6-2-1-3-7-16/h1-3,6-7,9-12,14-15,23H,4-5,8,13H2. The largest absolute Gasteiger partial charge is 0.508 e. The van der Waals surface area contributed by atoms with Crippen LogP contribution in [0.2, 0.25) is 0 Å². The highest BCUT2D eigenvalue weighted by Crippen LogP contribution is 2.19. The number of hydrogen-bond acceptors (Lipinski definition) is 4. The summed E-state index contributed by atoms with van der Waals surface area (Å²) in [5, 5.41) is 9.30. The average molecular weight is 320 g/mol. The minimum atomic E-state index is 0.231. The summed E-state index contributed by atoms with van der Waals surface area (Å²) in [7, 11) is 0. The molecule has 3 aromatic rings. The molecular formula is C20H20N2O2. The number of aryl methyl sites for hydroxylation is 1. The maximum Gasteiger partial charge on any atom is 0.159 e. The summed E-state index contributed by atoms with van der Waals surface area (Å²) in [5.41, 5.74) is 2.22.